The number of rotatable bonds is 11. The maximum Gasteiger partial charge on any atom is 0.320 e. The van der Waals surface area contributed by atoms with Crippen LogP contribution in [0.2, 0.25) is 0 Å². The topological polar surface area (TPSA) is 132 Å². The fourth-order valence-corrected chi connectivity index (χ4v) is 4.59. The molecule has 0 saturated carbocycles. The quantitative estimate of drug-likeness (QED) is 0.355. The number of fused-ring (bicyclic) bond motifs is 3. The van der Waals surface area contributed by atoms with Crippen molar-refractivity contribution in [3.05, 3.63) is 45.6 Å². The van der Waals surface area contributed by atoms with Gasteiger partial charge >= 0.3 is 5.97 Å². The summed E-state index contributed by atoms with van der Waals surface area (Å²) in [7, 11) is 6.67. The van der Waals surface area contributed by atoms with Gasteiger partial charge in [0.05, 0.1) is 27.0 Å². The molecular weight excluding hydrogens is 450 g/mol. The minimum atomic E-state index is -1.000. The fraction of sp³-hybridized carbons (Fsp3) is 0.462. The lowest BCUT2D eigenvalue weighted by atomic mass is 9.95. The zero-order chi connectivity index (χ0) is 25.5. The predicted molar refractivity (Wildman–Crippen MR) is 136 cm³/mol. The third kappa shape index (κ3) is 5.68. The van der Waals surface area contributed by atoms with Gasteiger partial charge < -0.3 is 35.7 Å². The molecule has 0 saturated heterocycles. The Morgan fingerprint density at radius 3 is 2.51 bits per heavy atom. The summed E-state index contributed by atoms with van der Waals surface area (Å²) in [4.78, 5) is 24.0. The summed E-state index contributed by atoms with van der Waals surface area (Å²) in [6.07, 6.45) is 3.31. The van der Waals surface area contributed by atoms with Crippen LogP contribution in [0.15, 0.2) is 29.1 Å². The standard InChI is InChI=1S/C26H35N3O6/c1-28-19-10-8-15-13-22(33-2)24(34-3)25(35-4)23(15)16-9-11-20(21(30)14-17(16)19)29-12-6-5-7-18(27)26(31)32/h9,11,13-14,18-19,28H,5-8,10,12,27H2,1-4H3,(H,29,30)(H,31,32). The smallest absolute Gasteiger partial charge is 0.320 e. The van der Waals surface area contributed by atoms with Crippen molar-refractivity contribution in [3.8, 4) is 28.4 Å². The maximum absolute atomic E-state index is 13.2. The van der Waals surface area contributed by atoms with Crippen LogP contribution in [0.4, 0.5) is 5.69 Å². The molecule has 1 aliphatic rings. The van der Waals surface area contributed by atoms with Crippen molar-refractivity contribution in [2.45, 2.75) is 44.2 Å². The van der Waals surface area contributed by atoms with Crippen LogP contribution in [-0.2, 0) is 11.2 Å². The molecule has 9 nitrogen and oxygen atoms in total. The molecule has 9 heteroatoms. The summed E-state index contributed by atoms with van der Waals surface area (Å²) in [5.41, 5.74) is 9.66. The summed E-state index contributed by atoms with van der Waals surface area (Å²) < 4.78 is 17.0. The lowest BCUT2D eigenvalue weighted by Gasteiger charge is -2.19. The number of nitrogens with one attached hydrogen (secondary N) is 2. The molecule has 0 amide bonds. The molecule has 0 aliphatic heterocycles. The lowest BCUT2D eigenvalue weighted by molar-refractivity contribution is -0.138. The van der Waals surface area contributed by atoms with E-state index in [1.807, 2.05) is 19.2 Å². The Labute approximate surface area is 205 Å². The molecule has 0 bridgehead atoms. The van der Waals surface area contributed by atoms with Gasteiger partial charge in [0, 0.05) is 18.2 Å². The molecule has 190 valence electrons. The molecule has 1 aliphatic carbocycles. The predicted octanol–water partition coefficient (Wildman–Crippen LogP) is 2.94. The summed E-state index contributed by atoms with van der Waals surface area (Å²) in [5.74, 6) is 0.681. The van der Waals surface area contributed by atoms with Crippen LogP contribution in [0.25, 0.3) is 11.1 Å². The minimum absolute atomic E-state index is 0.0236. The van der Waals surface area contributed by atoms with Gasteiger partial charge in [-0.2, -0.15) is 0 Å². The second-order valence-corrected chi connectivity index (χ2v) is 8.55. The number of nitrogens with two attached hydrogens (primary N) is 1. The van der Waals surface area contributed by atoms with E-state index >= 15 is 0 Å². The number of aryl methyl sites for hydroxylation is 1. The van der Waals surface area contributed by atoms with Gasteiger partial charge in [-0.3, -0.25) is 9.59 Å². The highest BCUT2D eigenvalue weighted by Gasteiger charge is 2.28. The van der Waals surface area contributed by atoms with Crippen LogP contribution >= 0.6 is 0 Å². The van der Waals surface area contributed by atoms with E-state index in [0.717, 1.165) is 35.1 Å². The molecule has 0 radical (unpaired) electrons. The first-order chi connectivity index (χ1) is 16.9. The van der Waals surface area contributed by atoms with Crippen molar-refractivity contribution in [3.63, 3.8) is 0 Å². The van der Waals surface area contributed by atoms with Gasteiger partial charge in [0.25, 0.3) is 0 Å². The molecule has 0 spiro atoms. The largest absolute Gasteiger partial charge is 0.493 e. The molecule has 2 unspecified atom stereocenters. The number of hydrogen-bond donors (Lipinski definition) is 4. The van der Waals surface area contributed by atoms with E-state index in [0.29, 0.717) is 48.7 Å². The summed E-state index contributed by atoms with van der Waals surface area (Å²) >= 11 is 0. The molecule has 0 fully saturated rings. The van der Waals surface area contributed by atoms with Crippen molar-refractivity contribution < 1.29 is 24.1 Å². The normalized spacial score (nSPS) is 15.3. The van der Waals surface area contributed by atoms with Crippen molar-refractivity contribution >= 4 is 11.7 Å². The number of carboxylic acids is 1. The van der Waals surface area contributed by atoms with Gasteiger partial charge in [0.1, 0.15) is 6.04 Å². The van der Waals surface area contributed by atoms with Gasteiger partial charge in [0.2, 0.25) is 11.2 Å². The number of aliphatic carboxylic acids is 1. The van der Waals surface area contributed by atoms with Gasteiger partial charge in [-0.25, -0.2) is 0 Å². The van der Waals surface area contributed by atoms with Crippen molar-refractivity contribution in [2.75, 3.05) is 40.2 Å². The third-order valence-corrected chi connectivity index (χ3v) is 6.46. The van der Waals surface area contributed by atoms with Crippen molar-refractivity contribution in [1.82, 2.24) is 5.32 Å². The zero-order valence-electron chi connectivity index (χ0n) is 20.8. The van der Waals surface area contributed by atoms with Crippen molar-refractivity contribution in [1.29, 1.82) is 0 Å². The fourth-order valence-electron chi connectivity index (χ4n) is 4.59. The first-order valence-corrected chi connectivity index (χ1v) is 11.8. The zero-order valence-corrected chi connectivity index (χ0v) is 20.8. The molecule has 2 aromatic carbocycles. The van der Waals surface area contributed by atoms with Crippen LogP contribution < -0.4 is 36.0 Å². The van der Waals surface area contributed by atoms with Crippen molar-refractivity contribution in [2.24, 2.45) is 5.73 Å². The number of methoxy groups -OCH3 is 3. The Hall–Kier alpha value is -3.30. The summed E-state index contributed by atoms with van der Waals surface area (Å²) in [6, 6.07) is 6.52. The van der Waals surface area contributed by atoms with Gasteiger partial charge in [-0.05, 0) is 74.0 Å². The molecule has 2 atom stereocenters. The van der Waals surface area contributed by atoms with Gasteiger partial charge in [-0.1, -0.05) is 6.07 Å². The van der Waals surface area contributed by atoms with Crippen LogP contribution in [0, 0.1) is 0 Å². The van der Waals surface area contributed by atoms with E-state index in [2.05, 4.69) is 10.6 Å². The monoisotopic (exact) mass is 485 g/mol. The van der Waals surface area contributed by atoms with Crippen LogP contribution in [0.3, 0.4) is 0 Å². The van der Waals surface area contributed by atoms with E-state index < -0.39 is 12.0 Å². The average molecular weight is 486 g/mol. The first-order valence-electron chi connectivity index (χ1n) is 11.8. The Bertz CT molecular complexity index is 1120. The molecule has 2 aromatic rings. The average Bonchev–Trinajstić information content (AvgIpc) is 3.10. The number of benzene rings is 1. The van der Waals surface area contributed by atoms with Gasteiger partial charge in [0.15, 0.2) is 11.5 Å². The first kappa shape index (κ1) is 26.3. The van der Waals surface area contributed by atoms with E-state index in [4.69, 9.17) is 25.1 Å². The molecule has 0 aromatic heterocycles. The van der Waals surface area contributed by atoms with E-state index in [1.54, 1.807) is 33.5 Å². The van der Waals surface area contributed by atoms with E-state index in [1.165, 1.54) is 0 Å². The molecular formula is C26H35N3O6. The van der Waals surface area contributed by atoms with Crippen LogP contribution in [0.5, 0.6) is 17.2 Å². The number of ether oxygens (including phenoxy) is 3. The number of hydrogen-bond acceptors (Lipinski definition) is 8. The highest BCUT2D eigenvalue weighted by atomic mass is 16.5. The van der Waals surface area contributed by atoms with Crippen LogP contribution in [-0.4, -0.2) is 52.0 Å². The van der Waals surface area contributed by atoms with Gasteiger partial charge in [-0.15, -0.1) is 0 Å². The second kappa shape index (κ2) is 11.9. The van der Waals surface area contributed by atoms with E-state index in [9.17, 15) is 9.59 Å². The SMILES string of the molecule is CNC1CCc2cc(OC)c(OC)c(OC)c2-c2ccc(NCCCCC(N)C(=O)O)c(=O)cc21. The Balaban J connectivity index is 2.01. The molecule has 3 rings (SSSR count). The Morgan fingerprint density at radius 2 is 1.89 bits per heavy atom. The lowest BCUT2D eigenvalue weighted by Crippen LogP contribution is -2.29. The third-order valence-electron chi connectivity index (χ3n) is 6.46. The summed E-state index contributed by atoms with van der Waals surface area (Å²) in [5, 5.41) is 15.5. The molecule has 35 heavy (non-hydrogen) atoms. The van der Waals surface area contributed by atoms with Crippen LogP contribution in [0.1, 0.15) is 42.9 Å². The number of carboxylic acid groups (broad SMARTS) is 1. The highest BCUT2D eigenvalue weighted by Crippen LogP contribution is 2.50. The molecule has 0 heterocycles. The highest BCUT2D eigenvalue weighted by molar-refractivity contribution is 5.83. The summed E-state index contributed by atoms with van der Waals surface area (Å²) in [6.45, 7) is 0.538. The number of unbranched alkanes of at least 4 members (excludes halogenated alkanes) is 1. The number of carbonyl (C=O) groups is 1. The Morgan fingerprint density at radius 1 is 1.14 bits per heavy atom. The molecule has 5 N–H and O–H groups in total. The number of anilines is 1. The second-order valence-electron chi connectivity index (χ2n) is 8.55. The Kier molecular flexibility index (Phi) is 8.95. The van der Waals surface area contributed by atoms with E-state index in [-0.39, 0.29) is 11.5 Å². The maximum atomic E-state index is 13.2. The minimum Gasteiger partial charge on any atom is -0.493 e.